The van der Waals surface area contributed by atoms with Crippen molar-refractivity contribution < 1.29 is 4.42 Å². The summed E-state index contributed by atoms with van der Waals surface area (Å²) < 4.78 is 5.61. The van der Waals surface area contributed by atoms with Crippen molar-refractivity contribution in [1.29, 1.82) is 0 Å². The summed E-state index contributed by atoms with van der Waals surface area (Å²) >= 11 is 6.19. The van der Waals surface area contributed by atoms with Crippen LogP contribution >= 0.6 is 35.6 Å². The van der Waals surface area contributed by atoms with Gasteiger partial charge in [-0.2, -0.15) is 0 Å². The van der Waals surface area contributed by atoms with Gasteiger partial charge in [-0.25, -0.2) is 9.98 Å². The van der Waals surface area contributed by atoms with E-state index in [1.807, 2.05) is 19.9 Å². The van der Waals surface area contributed by atoms with Crippen LogP contribution in [0.15, 0.2) is 27.6 Å². The Morgan fingerprint density at radius 2 is 2.10 bits per heavy atom. The molecule has 2 N–H and O–H groups in total. The topological polar surface area (TPSA) is 65.7 Å². The highest BCUT2D eigenvalue weighted by atomic mass is 127. The van der Waals surface area contributed by atoms with Crippen LogP contribution in [0.2, 0.25) is 5.02 Å². The number of nitrogens with one attached hydrogen (secondary N) is 2. The van der Waals surface area contributed by atoms with Crippen LogP contribution in [0.5, 0.6) is 0 Å². The summed E-state index contributed by atoms with van der Waals surface area (Å²) in [4.78, 5) is 11.4. The van der Waals surface area contributed by atoms with E-state index in [1.54, 1.807) is 0 Å². The Labute approximate surface area is 195 Å². The minimum Gasteiger partial charge on any atom is -0.444 e. The first-order chi connectivity index (χ1) is 13.5. The molecular formula is C21H31ClIN5O. The van der Waals surface area contributed by atoms with Crippen molar-refractivity contribution in [3.63, 3.8) is 0 Å². The zero-order chi connectivity index (χ0) is 20.1. The molecule has 0 saturated carbocycles. The molecule has 160 valence electrons. The second kappa shape index (κ2) is 11.1. The normalized spacial score (nSPS) is 16.7. The van der Waals surface area contributed by atoms with E-state index in [2.05, 4.69) is 51.5 Å². The lowest BCUT2D eigenvalue weighted by Crippen LogP contribution is -2.40. The molecule has 6 nitrogen and oxygen atoms in total. The van der Waals surface area contributed by atoms with E-state index in [9.17, 15) is 0 Å². The highest BCUT2D eigenvalue weighted by Crippen LogP contribution is 2.29. The highest BCUT2D eigenvalue weighted by molar-refractivity contribution is 14.0. The van der Waals surface area contributed by atoms with Gasteiger partial charge in [0, 0.05) is 36.9 Å². The molecule has 2 heterocycles. The SMILES string of the molecule is CCNC(=NCc1nc(C)c(C)o1)NCC1CCN(c2cc(Cl)ccc2C)C1.I. The lowest BCUT2D eigenvalue weighted by molar-refractivity contribution is 0.472. The molecule has 0 radical (unpaired) electrons. The Morgan fingerprint density at radius 1 is 1.31 bits per heavy atom. The van der Waals surface area contributed by atoms with Gasteiger partial charge in [-0.15, -0.1) is 24.0 Å². The van der Waals surface area contributed by atoms with E-state index in [-0.39, 0.29) is 24.0 Å². The molecule has 0 amide bonds. The Kier molecular flexibility index (Phi) is 9.07. The molecule has 1 aliphatic rings. The zero-order valence-corrected chi connectivity index (χ0v) is 20.7. The van der Waals surface area contributed by atoms with Crippen molar-refractivity contribution in [2.45, 2.75) is 40.7 Å². The predicted molar refractivity (Wildman–Crippen MR) is 131 cm³/mol. The van der Waals surface area contributed by atoms with E-state index in [0.717, 1.165) is 55.0 Å². The number of aromatic nitrogens is 1. The van der Waals surface area contributed by atoms with Crippen molar-refractivity contribution in [3.05, 3.63) is 46.1 Å². The van der Waals surface area contributed by atoms with Gasteiger partial charge in [0.2, 0.25) is 5.89 Å². The third-order valence-electron chi connectivity index (χ3n) is 5.15. The van der Waals surface area contributed by atoms with Crippen molar-refractivity contribution in [3.8, 4) is 0 Å². The lowest BCUT2D eigenvalue weighted by atomic mass is 10.1. The molecule has 0 bridgehead atoms. The van der Waals surface area contributed by atoms with E-state index < -0.39 is 0 Å². The molecule has 1 atom stereocenters. The number of nitrogens with zero attached hydrogens (tertiary/aromatic N) is 3. The quantitative estimate of drug-likeness (QED) is 0.328. The van der Waals surface area contributed by atoms with Crippen molar-refractivity contribution in [1.82, 2.24) is 15.6 Å². The van der Waals surface area contributed by atoms with Crippen LogP contribution in [0.3, 0.4) is 0 Å². The third kappa shape index (κ3) is 6.50. The van der Waals surface area contributed by atoms with Crippen LogP contribution in [0.25, 0.3) is 0 Å². The van der Waals surface area contributed by atoms with Gasteiger partial charge in [-0.1, -0.05) is 17.7 Å². The average Bonchev–Trinajstić information content (AvgIpc) is 3.26. The smallest absolute Gasteiger partial charge is 0.216 e. The minimum absolute atomic E-state index is 0. The highest BCUT2D eigenvalue weighted by Gasteiger charge is 2.24. The van der Waals surface area contributed by atoms with Crippen LogP contribution < -0.4 is 15.5 Å². The molecule has 0 aliphatic carbocycles. The Balaban J connectivity index is 0.00000300. The van der Waals surface area contributed by atoms with Crippen LogP contribution in [0, 0.1) is 26.7 Å². The number of benzene rings is 1. The van der Waals surface area contributed by atoms with Gasteiger partial charge in [0.05, 0.1) is 5.69 Å². The Morgan fingerprint density at radius 3 is 2.79 bits per heavy atom. The van der Waals surface area contributed by atoms with Crippen LogP contribution in [-0.4, -0.2) is 37.1 Å². The molecule has 1 unspecified atom stereocenters. The fraction of sp³-hybridized carbons (Fsp3) is 0.524. The fourth-order valence-corrected chi connectivity index (χ4v) is 3.64. The number of oxazole rings is 1. The number of hydrogen-bond acceptors (Lipinski definition) is 4. The third-order valence-corrected chi connectivity index (χ3v) is 5.38. The molecular weight excluding hydrogens is 501 g/mol. The zero-order valence-electron chi connectivity index (χ0n) is 17.6. The van der Waals surface area contributed by atoms with Crippen LogP contribution in [0.1, 0.15) is 36.3 Å². The van der Waals surface area contributed by atoms with Crippen LogP contribution in [-0.2, 0) is 6.54 Å². The second-order valence-electron chi connectivity index (χ2n) is 7.36. The number of aryl methyl sites for hydroxylation is 3. The molecule has 1 fully saturated rings. The summed E-state index contributed by atoms with van der Waals surface area (Å²) in [5.74, 6) is 2.86. The monoisotopic (exact) mass is 531 g/mol. The van der Waals surface area contributed by atoms with E-state index in [1.165, 1.54) is 11.3 Å². The van der Waals surface area contributed by atoms with Gasteiger partial charge in [-0.05, 0) is 57.7 Å². The molecule has 1 saturated heterocycles. The van der Waals surface area contributed by atoms with E-state index in [0.29, 0.717) is 18.4 Å². The molecule has 1 aromatic heterocycles. The largest absolute Gasteiger partial charge is 0.444 e. The van der Waals surface area contributed by atoms with Gasteiger partial charge >= 0.3 is 0 Å². The summed E-state index contributed by atoms with van der Waals surface area (Å²) in [7, 11) is 0. The summed E-state index contributed by atoms with van der Waals surface area (Å²) in [6.45, 7) is 12.3. The van der Waals surface area contributed by atoms with Gasteiger partial charge in [0.15, 0.2) is 5.96 Å². The molecule has 1 aliphatic heterocycles. The van der Waals surface area contributed by atoms with Crippen LogP contribution in [0.4, 0.5) is 5.69 Å². The summed E-state index contributed by atoms with van der Waals surface area (Å²) in [5, 5.41) is 7.56. The first kappa shape index (κ1) is 23.8. The van der Waals surface area contributed by atoms with Gasteiger partial charge in [0.25, 0.3) is 0 Å². The maximum absolute atomic E-state index is 6.19. The first-order valence-electron chi connectivity index (χ1n) is 9.92. The Hall–Kier alpha value is -1.48. The average molecular weight is 532 g/mol. The van der Waals surface area contributed by atoms with E-state index in [4.69, 9.17) is 16.0 Å². The number of rotatable bonds is 6. The number of aliphatic imine (C=N–C) groups is 1. The molecule has 0 spiro atoms. The summed E-state index contributed by atoms with van der Waals surface area (Å²) in [6.07, 6.45) is 1.15. The Bertz CT molecular complexity index is 819. The standard InChI is InChI=1S/C21H30ClN5O.HI/c1-5-23-21(25-12-20-26-15(3)16(4)28-20)24-11-17-8-9-27(13-17)19-10-18(22)7-6-14(19)2;/h6-7,10,17H,5,8-9,11-13H2,1-4H3,(H2,23,24,25);1H. The van der Waals surface area contributed by atoms with E-state index >= 15 is 0 Å². The van der Waals surface area contributed by atoms with Crippen molar-refractivity contribution in [2.24, 2.45) is 10.9 Å². The number of guanidine groups is 1. The van der Waals surface area contributed by atoms with Gasteiger partial charge < -0.3 is 20.0 Å². The van der Waals surface area contributed by atoms with Gasteiger partial charge in [-0.3, -0.25) is 0 Å². The molecule has 2 aromatic rings. The number of halogens is 2. The summed E-state index contributed by atoms with van der Waals surface area (Å²) in [6, 6.07) is 6.11. The maximum Gasteiger partial charge on any atom is 0.216 e. The summed E-state index contributed by atoms with van der Waals surface area (Å²) in [5.41, 5.74) is 3.43. The van der Waals surface area contributed by atoms with Crippen molar-refractivity contribution >= 4 is 47.2 Å². The fourth-order valence-electron chi connectivity index (χ4n) is 3.48. The predicted octanol–water partition coefficient (Wildman–Crippen LogP) is 4.45. The molecule has 3 rings (SSSR count). The lowest BCUT2D eigenvalue weighted by Gasteiger charge is -2.21. The molecule has 8 heteroatoms. The number of hydrogen-bond donors (Lipinski definition) is 2. The van der Waals surface area contributed by atoms with Crippen molar-refractivity contribution in [2.75, 3.05) is 31.1 Å². The minimum atomic E-state index is 0. The maximum atomic E-state index is 6.19. The first-order valence-corrected chi connectivity index (χ1v) is 10.3. The molecule has 29 heavy (non-hydrogen) atoms. The number of anilines is 1. The molecule has 1 aromatic carbocycles. The second-order valence-corrected chi connectivity index (χ2v) is 7.79. The van der Waals surface area contributed by atoms with Gasteiger partial charge in [0.1, 0.15) is 12.3 Å².